The molecular formula is C110H142N4O4. The Bertz CT molecular complexity index is 4550. The van der Waals surface area contributed by atoms with Crippen molar-refractivity contribution in [1.29, 1.82) is 0 Å². The third kappa shape index (κ3) is 24.2. The molecule has 2 N–H and O–H groups in total. The molecule has 3 aromatic heterocycles. The van der Waals surface area contributed by atoms with E-state index in [1.807, 2.05) is 12.2 Å². The number of aromatic amines is 2. The van der Waals surface area contributed by atoms with Gasteiger partial charge in [0.25, 0.3) is 11.6 Å². The highest BCUT2D eigenvalue weighted by Crippen LogP contribution is 2.53. The number of ether oxygens (including phenoxy) is 4. The molecule has 4 aliphatic rings. The summed E-state index contributed by atoms with van der Waals surface area (Å²) < 4.78 is 29.6. The topological polar surface area (TPSA) is 94.3 Å². The third-order valence-corrected chi connectivity index (χ3v) is 25.8. The van der Waals surface area contributed by atoms with Crippen molar-refractivity contribution in [2.24, 2.45) is 0 Å². The van der Waals surface area contributed by atoms with Crippen molar-refractivity contribution in [3.05, 3.63) is 180 Å². The van der Waals surface area contributed by atoms with Crippen LogP contribution in [0.25, 0.3) is 125 Å². The maximum atomic E-state index is 7.41. The molecule has 0 fully saturated rings. The number of H-pyrrole nitrogens is 2. The zero-order valence-electron chi connectivity index (χ0n) is 73.0. The van der Waals surface area contributed by atoms with Crippen LogP contribution in [0, 0.1) is 0 Å². The molecule has 9 aromatic rings. The Hall–Kier alpha value is -8.88. The molecule has 0 amide bonds. The van der Waals surface area contributed by atoms with Crippen LogP contribution in [0.15, 0.2) is 147 Å². The van der Waals surface area contributed by atoms with Gasteiger partial charge in [0.2, 0.25) is 0 Å². The van der Waals surface area contributed by atoms with Crippen LogP contribution in [-0.2, 0) is 0 Å². The number of nitrogens with one attached hydrogen (secondary N) is 2. The summed E-state index contributed by atoms with van der Waals surface area (Å²) in [5, 5.41) is 4.37. The lowest BCUT2D eigenvalue weighted by Crippen LogP contribution is -2.38. The van der Waals surface area contributed by atoms with Crippen LogP contribution in [0.4, 0.5) is 0 Å². The molecule has 0 radical (unpaired) electrons. The number of benzene rings is 6. The van der Waals surface area contributed by atoms with Gasteiger partial charge in [0.05, 0.1) is 22.8 Å². The molecule has 0 saturated carbocycles. The number of rotatable bonds is 54. The molecule has 13 rings (SSSR count). The minimum atomic E-state index is -0.731. The Morgan fingerprint density at radius 1 is 0.246 bits per heavy atom. The van der Waals surface area contributed by atoms with E-state index in [0.29, 0.717) is 0 Å². The number of aromatic nitrogens is 4. The van der Waals surface area contributed by atoms with Gasteiger partial charge in [-0.2, -0.15) is 0 Å². The molecule has 626 valence electrons. The SMILES string of the molecule is C=Cc1ccc(/C=C/c2ccc3c4cc5nc(cc6[nH]c(cc7nc(cc([nH]4)c3c2)-c2cc3c(cc2-7)OC(CCCCCCCCCCCCC)(CCCCCCCCCCCCC)O3)c2ccc(/C=C/c3ccc(C=C)cc3)cc62)-c2cc3c(cc2-5)OC(CCCCCCCCCCCCC)(CCCCCCCCCCCCC)O3)cc1. The third-order valence-electron chi connectivity index (χ3n) is 25.8. The molecule has 0 saturated heterocycles. The molecule has 0 atom stereocenters. The van der Waals surface area contributed by atoms with E-state index in [1.54, 1.807) is 0 Å². The van der Waals surface area contributed by atoms with Crippen LogP contribution in [0.5, 0.6) is 23.0 Å². The second-order valence-corrected chi connectivity index (χ2v) is 35.3. The summed E-state index contributed by atoms with van der Waals surface area (Å²) in [7, 11) is 0. The van der Waals surface area contributed by atoms with Gasteiger partial charge in [-0.15, -0.1) is 0 Å². The van der Waals surface area contributed by atoms with Gasteiger partial charge in [0, 0.05) is 91.5 Å². The van der Waals surface area contributed by atoms with E-state index in [4.69, 9.17) is 28.9 Å². The summed E-state index contributed by atoms with van der Waals surface area (Å²) in [6, 6.07) is 49.0. The molecule has 0 spiro atoms. The van der Waals surface area contributed by atoms with E-state index in [9.17, 15) is 0 Å². The van der Waals surface area contributed by atoms with Crippen molar-refractivity contribution in [3.63, 3.8) is 0 Å². The Labute approximate surface area is 710 Å². The Morgan fingerprint density at radius 2 is 0.458 bits per heavy atom. The zero-order valence-corrected chi connectivity index (χ0v) is 73.0. The molecule has 6 aromatic carbocycles. The molecule has 118 heavy (non-hydrogen) atoms. The fourth-order valence-electron chi connectivity index (χ4n) is 18.6. The van der Waals surface area contributed by atoms with Gasteiger partial charge in [0.15, 0.2) is 23.0 Å². The van der Waals surface area contributed by atoms with E-state index >= 15 is 0 Å². The lowest BCUT2D eigenvalue weighted by molar-refractivity contribution is -0.0953. The maximum absolute atomic E-state index is 7.41. The number of nitrogens with zero attached hydrogens (tertiary/aromatic N) is 2. The van der Waals surface area contributed by atoms with Crippen molar-refractivity contribution in [1.82, 2.24) is 19.9 Å². The Kier molecular flexibility index (Phi) is 33.5. The summed E-state index contributed by atoms with van der Waals surface area (Å²) in [6.45, 7) is 17.3. The van der Waals surface area contributed by atoms with Gasteiger partial charge in [-0.3, -0.25) is 0 Å². The van der Waals surface area contributed by atoms with Crippen molar-refractivity contribution >= 4 is 80.1 Å². The van der Waals surface area contributed by atoms with Crippen LogP contribution in [0.3, 0.4) is 0 Å². The normalized spacial score (nSPS) is 13.6. The summed E-state index contributed by atoms with van der Waals surface area (Å²) in [4.78, 5) is 19.6. The second-order valence-electron chi connectivity index (χ2n) is 35.3. The zero-order chi connectivity index (χ0) is 81.4. The smallest absolute Gasteiger partial charge is 0.251 e. The number of unbranched alkanes of at least 4 members (excludes halogenated alkanes) is 40. The quantitative estimate of drug-likeness (QED) is 0.0291. The average Bonchev–Trinajstić information content (AvgIpc) is 1.58. The van der Waals surface area contributed by atoms with Crippen LogP contribution in [0.2, 0.25) is 0 Å². The fraction of sp³-hybridized carbons (Fsp3) is 0.491. The monoisotopic (exact) mass is 1580 g/mol. The standard InChI is InChI=1S/C110H142N4O4/c1-7-13-17-21-25-29-33-37-41-45-49-69-109(70-50-46-42-38-34-30-26-22-18-14-8-2)115-105-75-93-95(77-107(105)117-109)103-81-99-91-73-87(63-61-85-57-53-83(11-5)54-58-85)66-68-90(91)98(112-99)80-102-94-76-106-108(118-110(116-106,71-51-47-43-39-35-31-27-23-19-15-9-3)72-52-48-44-40-36-32-28-24-20-16-10-4)78-96(94)104(114-102)82-100-92-74-88(64-62-86-59-55-84(12-6)56-60-86)65-67-89(92)97(111-100)79-101(93)113-103/h11-12,53-68,73-82,111-112H,5-10,13-52,69-72H2,1-4H3/b63-61+,64-62+,97-79?,98-80?,99-81?,100-82?,101-79?,102-80?,103-81?,104-82?. The Morgan fingerprint density at radius 3 is 0.703 bits per heavy atom. The van der Waals surface area contributed by atoms with Crippen LogP contribution in [-0.4, -0.2) is 31.5 Å². The number of hydrogen-bond acceptors (Lipinski definition) is 6. The fourth-order valence-corrected chi connectivity index (χ4v) is 18.6. The molecule has 4 aliphatic heterocycles. The van der Waals surface area contributed by atoms with Crippen molar-refractivity contribution in [2.75, 3.05) is 0 Å². The van der Waals surface area contributed by atoms with Gasteiger partial charge < -0.3 is 28.9 Å². The van der Waals surface area contributed by atoms with E-state index < -0.39 is 11.6 Å². The molecule has 8 heteroatoms. The van der Waals surface area contributed by atoms with E-state index in [2.05, 4.69) is 209 Å². The highest BCUT2D eigenvalue weighted by atomic mass is 16.7. The summed E-state index contributed by atoms with van der Waals surface area (Å²) >= 11 is 0. The minimum absolute atomic E-state index is 0.731. The van der Waals surface area contributed by atoms with Crippen LogP contribution < -0.4 is 18.9 Å². The predicted molar refractivity (Wildman–Crippen MR) is 508 cm³/mol. The van der Waals surface area contributed by atoms with Crippen molar-refractivity contribution < 1.29 is 18.9 Å². The first kappa shape index (κ1) is 87.0. The van der Waals surface area contributed by atoms with Gasteiger partial charge in [-0.25, -0.2) is 9.97 Å². The van der Waals surface area contributed by atoms with Gasteiger partial charge in [0.1, 0.15) is 0 Å². The van der Waals surface area contributed by atoms with E-state index in [0.717, 1.165) is 196 Å². The van der Waals surface area contributed by atoms with Crippen LogP contribution >= 0.6 is 0 Å². The number of hydrogen-bond donors (Lipinski definition) is 2. The minimum Gasteiger partial charge on any atom is -0.448 e. The Balaban J connectivity index is 0.889. The first-order valence-corrected chi connectivity index (χ1v) is 47.7. The molecule has 0 aliphatic carbocycles. The highest BCUT2D eigenvalue weighted by Gasteiger charge is 2.43. The van der Waals surface area contributed by atoms with Gasteiger partial charge in [-0.1, -0.05) is 407 Å². The van der Waals surface area contributed by atoms with Crippen molar-refractivity contribution in [2.45, 2.75) is 347 Å². The van der Waals surface area contributed by atoms with Crippen molar-refractivity contribution in [3.8, 4) is 68.0 Å². The largest absolute Gasteiger partial charge is 0.448 e. The van der Waals surface area contributed by atoms with Gasteiger partial charge in [-0.05, 0) is 120 Å². The summed E-state index contributed by atoms with van der Waals surface area (Å²) in [6.07, 6.45) is 73.2. The van der Waals surface area contributed by atoms with E-state index in [1.165, 1.54) is 257 Å². The highest BCUT2D eigenvalue weighted by molar-refractivity contribution is 6.11. The number of fused-ring (bicyclic) bond motifs is 22. The first-order valence-electron chi connectivity index (χ1n) is 47.7. The molecule has 8 bridgehead atoms. The summed E-state index contributed by atoms with van der Waals surface area (Å²) in [5.41, 5.74) is 18.0. The maximum Gasteiger partial charge on any atom is 0.251 e. The molecule has 7 heterocycles. The average molecular weight is 1580 g/mol. The van der Waals surface area contributed by atoms with E-state index in [-0.39, 0.29) is 0 Å². The molecule has 0 unspecified atom stereocenters. The predicted octanol–water partition coefficient (Wildman–Crippen LogP) is 34.7. The second kappa shape index (κ2) is 45.5. The van der Waals surface area contributed by atoms with Gasteiger partial charge >= 0.3 is 0 Å². The first-order chi connectivity index (χ1) is 58.2. The molecule has 8 nitrogen and oxygen atoms in total. The summed E-state index contributed by atoms with van der Waals surface area (Å²) in [5.74, 6) is 1.77. The lowest BCUT2D eigenvalue weighted by Gasteiger charge is -2.28. The molecular weight excluding hydrogens is 1440 g/mol. The van der Waals surface area contributed by atoms with Crippen LogP contribution in [0.1, 0.15) is 369 Å². The lowest BCUT2D eigenvalue weighted by atomic mass is 9.98.